The minimum absolute atomic E-state index is 0. The van der Waals surface area contributed by atoms with Crippen molar-refractivity contribution in [2.75, 3.05) is 93.7 Å². The molecule has 0 unspecified atom stereocenters. The van der Waals surface area contributed by atoms with Crippen LogP contribution in [-0.2, 0) is 9.53 Å². The van der Waals surface area contributed by atoms with E-state index in [-0.39, 0.29) is 42.9 Å². The third kappa shape index (κ3) is 21.1. The van der Waals surface area contributed by atoms with Crippen LogP contribution >= 0.6 is 11.6 Å². The Bertz CT molecular complexity index is 2610. The first-order valence-corrected chi connectivity index (χ1v) is 23.6. The molecule has 0 bridgehead atoms. The SMILES string of the molecule is C.CC(C)(C)OC(=O)N1CCNCC1.CC(C)c1cc(N=C=O)on1.CC(C)c1cc(NC(=O)N2CCN(c3ccc(C#N)cn3)CC2)on1.N#Cc1ccc(Cl)nc1.N#Cc1ccc(N2CCNCC2)nc1. The standard InChI is InChI=1S/C17H20N6O2.C10H12N4.C9H18N2O2.C7H8N2O2.C6H3ClN2.CH4/c1-12(2)14-9-16(25-21-14)20-17(24)23-7-5-22(6-8-23)15-4-3-13(10-18)11-19-15;11-7-9-1-2-10(13-8-9)14-5-3-12-4-6-14;1-9(2,3)13-8(12)11-6-4-10-5-7-11;1-5(2)6-3-7(8-4-10)11-9-6;7-6-2-1-5(3-8)4-9-6;/h3-4,9,11-12H,5-8H2,1-2H3,(H,20,24);1-2,8,12H,3-6H2;10H,4-7H2,1-3H3;3,5H,1-2H3;1-2,4H;1H4. The third-order valence-electron chi connectivity index (χ3n) is 10.3. The van der Waals surface area contributed by atoms with Crippen LogP contribution in [0.5, 0.6) is 0 Å². The summed E-state index contributed by atoms with van der Waals surface area (Å²) in [5, 5.41) is 43.0. The smallest absolute Gasteiger partial charge is 0.410 e. The van der Waals surface area contributed by atoms with Crippen molar-refractivity contribution in [1.29, 1.82) is 15.8 Å². The van der Waals surface area contributed by atoms with E-state index in [1.807, 2.05) is 72.7 Å². The zero-order valence-corrected chi connectivity index (χ0v) is 42.4. The summed E-state index contributed by atoms with van der Waals surface area (Å²) in [6, 6.07) is 19.7. The summed E-state index contributed by atoms with van der Waals surface area (Å²) >= 11 is 5.45. The molecule has 3 saturated heterocycles. The number of ether oxygens (including phenoxy) is 1. The number of isocyanates is 1. The number of amides is 3. The molecular formula is C50H65ClN16O6. The number of nitrogens with one attached hydrogen (secondary N) is 3. The van der Waals surface area contributed by atoms with Gasteiger partial charge in [-0.05, 0) is 69.0 Å². The van der Waals surface area contributed by atoms with E-state index in [1.165, 1.54) is 12.3 Å². The average Bonchev–Trinajstić information content (AvgIpc) is 4.08. The van der Waals surface area contributed by atoms with E-state index in [4.69, 9.17) is 36.6 Å². The van der Waals surface area contributed by atoms with E-state index in [1.54, 1.807) is 52.5 Å². The van der Waals surface area contributed by atoms with Crippen LogP contribution in [0.15, 0.2) is 81.2 Å². The number of rotatable bonds is 6. The Hall–Kier alpha value is -7.93. The van der Waals surface area contributed by atoms with Gasteiger partial charge in [0.2, 0.25) is 12.0 Å². The highest BCUT2D eigenvalue weighted by atomic mass is 35.5. The zero-order valence-electron chi connectivity index (χ0n) is 41.6. The van der Waals surface area contributed by atoms with E-state index in [2.05, 4.69) is 72.7 Å². The fourth-order valence-electron chi connectivity index (χ4n) is 6.38. The Balaban J connectivity index is 0.000000253. The minimum atomic E-state index is -0.387. The highest BCUT2D eigenvalue weighted by Gasteiger charge is 2.24. The molecule has 0 saturated carbocycles. The Morgan fingerprint density at radius 2 is 1.18 bits per heavy atom. The van der Waals surface area contributed by atoms with Crippen molar-refractivity contribution in [1.82, 2.24) is 45.7 Å². The van der Waals surface area contributed by atoms with Gasteiger partial charge in [0, 0.05) is 109 Å². The normalized spacial score (nSPS) is 13.9. The van der Waals surface area contributed by atoms with Gasteiger partial charge in [0.05, 0.1) is 28.1 Å². The molecular weight excluding hydrogens is 956 g/mol. The molecule has 0 atom stereocenters. The number of nitriles is 3. The van der Waals surface area contributed by atoms with Gasteiger partial charge in [-0.1, -0.05) is 57.0 Å². The van der Waals surface area contributed by atoms with Crippen LogP contribution in [0.2, 0.25) is 5.15 Å². The molecule has 3 N–H and O–H groups in total. The molecule has 388 valence electrons. The maximum Gasteiger partial charge on any atom is 0.410 e. The summed E-state index contributed by atoms with van der Waals surface area (Å²) < 4.78 is 15.1. The van der Waals surface area contributed by atoms with E-state index >= 15 is 0 Å². The van der Waals surface area contributed by atoms with Gasteiger partial charge in [-0.3, -0.25) is 5.32 Å². The van der Waals surface area contributed by atoms with Crippen LogP contribution in [0.1, 0.15) is 95.8 Å². The monoisotopic (exact) mass is 1020 g/mol. The lowest BCUT2D eigenvalue weighted by Crippen LogP contribution is -2.50. The largest absolute Gasteiger partial charge is 0.444 e. The van der Waals surface area contributed by atoms with Crippen LogP contribution in [-0.4, -0.2) is 137 Å². The third-order valence-corrected chi connectivity index (χ3v) is 10.5. The molecule has 5 aromatic rings. The number of carbonyl (C=O) groups excluding carboxylic acids is 3. The first-order chi connectivity index (χ1) is 34.5. The summed E-state index contributed by atoms with van der Waals surface area (Å²) in [5.74, 6) is 2.89. The predicted octanol–water partition coefficient (Wildman–Crippen LogP) is 7.62. The van der Waals surface area contributed by atoms with Gasteiger partial charge in [0.15, 0.2) is 0 Å². The molecule has 23 heteroatoms. The molecule has 73 heavy (non-hydrogen) atoms. The second kappa shape index (κ2) is 30.7. The summed E-state index contributed by atoms with van der Waals surface area (Å²) in [7, 11) is 0. The lowest BCUT2D eigenvalue weighted by Gasteiger charge is -2.35. The number of halogens is 1. The number of pyridine rings is 3. The number of piperazine rings is 3. The van der Waals surface area contributed by atoms with Crippen LogP contribution in [0.4, 0.5) is 33.0 Å². The topological polar surface area (TPSA) is 284 Å². The quantitative estimate of drug-likeness (QED) is 0.0837. The van der Waals surface area contributed by atoms with Crippen LogP contribution in [0.25, 0.3) is 0 Å². The van der Waals surface area contributed by atoms with Gasteiger partial charge in [0.1, 0.15) is 40.6 Å². The van der Waals surface area contributed by atoms with E-state index in [0.717, 1.165) is 75.4 Å². The number of nitrogens with zero attached hydrogens (tertiary/aromatic N) is 13. The molecule has 0 spiro atoms. The van der Waals surface area contributed by atoms with Gasteiger partial charge in [-0.2, -0.15) is 15.8 Å². The molecule has 3 aliphatic rings. The molecule has 0 aromatic carbocycles. The van der Waals surface area contributed by atoms with Crippen molar-refractivity contribution in [3.05, 3.63) is 100 Å². The summed E-state index contributed by atoms with van der Waals surface area (Å²) in [5.41, 5.74) is 2.89. The lowest BCUT2D eigenvalue weighted by molar-refractivity contribution is 0.0228. The molecule has 22 nitrogen and oxygen atoms in total. The highest BCUT2D eigenvalue weighted by molar-refractivity contribution is 6.29. The number of carbonyl (C=O) groups is 2. The molecule has 0 radical (unpaired) electrons. The van der Waals surface area contributed by atoms with E-state index in [9.17, 15) is 14.4 Å². The van der Waals surface area contributed by atoms with Crippen molar-refractivity contribution in [3.63, 3.8) is 0 Å². The predicted molar refractivity (Wildman–Crippen MR) is 276 cm³/mol. The molecule has 3 aliphatic heterocycles. The number of hydrogen-bond donors (Lipinski definition) is 3. The Morgan fingerprint density at radius 1 is 0.699 bits per heavy atom. The van der Waals surface area contributed by atoms with E-state index < -0.39 is 0 Å². The number of hydrogen-bond acceptors (Lipinski definition) is 19. The molecule has 0 aliphatic carbocycles. The Kier molecular flexibility index (Phi) is 25.0. The summed E-state index contributed by atoms with van der Waals surface area (Å²) in [6.07, 6.45) is 5.79. The van der Waals surface area contributed by atoms with Crippen molar-refractivity contribution in [3.8, 4) is 18.2 Å². The lowest BCUT2D eigenvalue weighted by atomic mass is 10.1. The van der Waals surface area contributed by atoms with Crippen LogP contribution < -0.4 is 25.8 Å². The first kappa shape index (κ1) is 59.4. The number of anilines is 3. The second-order valence-corrected chi connectivity index (χ2v) is 18.0. The van der Waals surface area contributed by atoms with E-state index in [0.29, 0.717) is 53.9 Å². The van der Waals surface area contributed by atoms with Gasteiger partial charge >= 0.3 is 12.1 Å². The maximum absolute atomic E-state index is 12.3. The highest BCUT2D eigenvalue weighted by Crippen LogP contribution is 2.21. The number of aromatic nitrogens is 5. The maximum atomic E-state index is 12.3. The summed E-state index contributed by atoms with van der Waals surface area (Å²) in [6.45, 7) is 23.3. The van der Waals surface area contributed by atoms with Gasteiger partial charge in [0.25, 0.3) is 5.88 Å². The molecule has 3 fully saturated rings. The van der Waals surface area contributed by atoms with Crippen molar-refractivity contribution in [2.45, 2.75) is 73.3 Å². The van der Waals surface area contributed by atoms with Crippen molar-refractivity contribution >= 4 is 53.2 Å². The van der Waals surface area contributed by atoms with Gasteiger partial charge in [-0.25, -0.2) is 29.3 Å². The van der Waals surface area contributed by atoms with Crippen LogP contribution in [0.3, 0.4) is 0 Å². The van der Waals surface area contributed by atoms with Crippen molar-refractivity contribution < 1.29 is 28.2 Å². The second-order valence-electron chi connectivity index (χ2n) is 17.6. The molecule has 3 amide bonds. The number of aliphatic imine (C=N–C) groups is 1. The zero-order chi connectivity index (χ0) is 52.5. The summed E-state index contributed by atoms with van der Waals surface area (Å²) in [4.78, 5) is 56.9. The fourth-order valence-corrected chi connectivity index (χ4v) is 6.49. The molecule has 8 rings (SSSR count). The minimum Gasteiger partial charge on any atom is -0.444 e. The fraction of sp³-hybridized carbons (Fsp3) is 0.460. The molecule has 5 aromatic heterocycles. The average molecular weight is 1020 g/mol. The molecule has 8 heterocycles. The number of urea groups is 1. The first-order valence-electron chi connectivity index (χ1n) is 23.2. The van der Waals surface area contributed by atoms with Crippen LogP contribution in [0, 0.1) is 34.0 Å². The van der Waals surface area contributed by atoms with Crippen molar-refractivity contribution in [2.24, 2.45) is 4.99 Å². The van der Waals surface area contributed by atoms with Gasteiger partial charge in [-0.15, -0.1) is 4.99 Å². The Labute approximate surface area is 432 Å². The Morgan fingerprint density at radius 3 is 1.60 bits per heavy atom. The van der Waals surface area contributed by atoms with Gasteiger partial charge < -0.3 is 44.0 Å².